The van der Waals surface area contributed by atoms with Gasteiger partial charge in [-0.15, -0.1) is 5.10 Å². The van der Waals surface area contributed by atoms with Crippen LogP contribution in [0.4, 0.5) is 4.39 Å². The van der Waals surface area contributed by atoms with Gasteiger partial charge in [-0.2, -0.15) is 0 Å². The predicted molar refractivity (Wildman–Crippen MR) is 60.4 cm³/mol. The third-order valence-electron chi connectivity index (χ3n) is 2.14. The van der Waals surface area contributed by atoms with Crippen LogP contribution in [0.1, 0.15) is 11.3 Å². The molecule has 0 spiro atoms. The molecule has 0 saturated heterocycles. The summed E-state index contributed by atoms with van der Waals surface area (Å²) in [6.45, 7) is 2.34. The number of aryl methyl sites for hydroxylation is 1. The lowest BCUT2D eigenvalue weighted by Crippen LogP contribution is -2.07. The van der Waals surface area contributed by atoms with E-state index in [1.54, 1.807) is 13.1 Å². The second-order valence-corrected chi connectivity index (χ2v) is 3.64. The van der Waals surface area contributed by atoms with Crippen LogP contribution in [0.5, 0.6) is 11.8 Å². The fourth-order valence-electron chi connectivity index (χ4n) is 1.42. The van der Waals surface area contributed by atoms with Crippen LogP contribution in [0.15, 0.2) is 18.3 Å². The van der Waals surface area contributed by atoms with Crippen LogP contribution in [0.3, 0.4) is 0 Å². The molecule has 0 saturated carbocycles. The van der Waals surface area contributed by atoms with E-state index in [0.717, 1.165) is 11.9 Å². The molecule has 2 N–H and O–H groups in total. The first-order chi connectivity index (χ1) is 8.19. The van der Waals surface area contributed by atoms with Gasteiger partial charge in [0.2, 0.25) is 11.8 Å². The van der Waals surface area contributed by atoms with Crippen molar-refractivity contribution < 1.29 is 9.13 Å². The minimum atomic E-state index is -0.388. The fourth-order valence-corrected chi connectivity index (χ4v) is 1.42. The van der Waals surface area contributed by atoms with Crippen LogP contribution in [0.2, 0.25) is 0 Å². The van der Waals surface area contributed by atoms with Crippen molar-refractivity contribution in [2.75, 3.05) is 7.05 Å². The second kappa shape index (κ2) is 4.92. The quantitative estimate of drug-likeness (QED) is 0.849. The van der Waals surface area contributed by atoms with Crippen molar-refractivity contribution in [3.05, 3.63) is 35.4 Å². The van der Waals surface area contributed by atoms with Gasteiger partial charge >= 0.3 is 0 Å². The summed E-state index contributed by atoms with van der Waals surface area (Å²) in [7, 11) is 1.77. The number of aromatic nitrogens is 3. The van der Waals surface area contributed by atoms with E-state index in [2.05, 4.69) is 20.5 Å². The van der Waals surface area contributed by atoms with Crippen molar-refractivity contribution in [2.24, 2.45) is 0 Å². The minimum Gasteiger partial charge on any atom is -0.419 e. The monoisotopic (exact) mass is 236 g/mol. The van der Waals surface area contributed by atoms with Gasteiger partial charge in [0.1, 0.15) is 5.82 Å². The van der Waals surface area contributed by atoms with Crippen LogP contribution in [0, 0.1) is 12.7 Å². The maximum Gasteiger partial charge on any atom is 0.240 e. The van der Waals surface area contributed by atoms with Gasteiger partial charge < -0.3 is 10.1 Å². The molecule has 0 unspecified atom stereocenters. The number of hydrogen-bond donors (Lipinski definition) is 2. The van der Waals surface area contributed by atoms with Crippen LogP contribution in [-0.4, -0.2) is 22.2 Å². The number of hydrogen-bond acceptors (Lipinski definition) is 4. The Kier molecular flexibility index (Phi) is 3.34. The molecule has 2 rings (SSSR count). The van der Waals surface area contributed by atoms with E-state index < -0.39 is 0 Å². The third-order valence-corrected chi connectivity index (χ3v) is 2.14. The van der Waals surface area contributed by atoms with Gasteiger partial charge in [-0.1, -0.05) is 0 Å². The van der Waals surface area contributed by atoms with Crippen molar-refractivity contribution in [1.82, 2.24) is 20.5 Å². The number of nitrogens with zero attached hydrogens (tertiary/aromatic N) is 2. The molecule has 0 aromatic carbocycles. The molecular weight excluding hydrogens is 223 g/mol. The van der Waals surface area contributed by atoms with E-state index in [1.807, 2.05) is 6.92 Å². The van der Waals surface area contributed by atoms with Crippen LogP contribution in [-0.2, 0) is 6.54 Å². The molecule has 2 heterocycles. The summed E-state index contributed by atoms with van der Waals surface area (Å²) < 4.78 is 18.5. The molecule has 5 nitrogen and oxygen atoms in total. The average molecular weight is 236 g/mol. The summed E-state index contributed by atoms with van der Waals surface area (Å²) in [5.74, 6) is 0.381. The summed E-state index contributed by atoms with van der Waals surface area (Å²) in [5, 5.41) is 9.62. The second-order valence-electron chi connectivity index (χ2n) is 3.64. The van der Waals surface area contributed by atoms with Crippen LogP contribution in [0.25, 0.3) is 0 Å². The fraction of sp³-hybridized carbons (Fsp3) is 0.273. The number of aromatic amines is 1. The Bertz CT molecular complexity index is 512. The van der Waals surface area contributed by atoms with Crippen LogP contribution < -0.4 is 10.1 Å². The lowest BCUT2D eigenvalue weighted by Gasteiger charge is -2.07. The van der Waals surface area contributed by atoms with Crippen molar-refractivity contribution in [3.8, 4) is 11.8 Å². The highest BCUT2D eigenvalue weighted by Gasteiger charge is 2.09. The normalized spacial score (nSPS) is 10.5. The number of rotatable bonds is 4. The summed E-state index contributed by atoms with van der Waals surface area (Å²) in [6, 6.07) is 3.13. The van der Waals surface area contributed by atoms with Crippen molar-refractivity contribution in [2.45, 2.75) is 13.5 Å². The number of H-pyrrole nitrogens is 1. The Hall–Kier alpha value is -1.95. The molecule has 0 bridgehead atoms. The van der Waals surface area contributed by atoms with Gasteiger partial charge in [0.05, 0.1) is 6.20 Å². The largest absolute Gasteiger partial charge is 0.419 e. The standard InChI is InChI=1S/C11H13FN4O/c1-7-3-10(16-15-7)17-11-8(5-13-2)4-9(12)6-14-11/h3-4,6,13H,5H2,1-2H3,(H,15,16). The number of halogens is 1. The third kappa shape index (κ3) is 2.79. The Morgan fingerprint density at radius 3 is 2.94 bits per heavy atom. The van der Waals surface area contributed by atoms with Gasteiger partial charge in [0.15, 0.2) is 0 Å². The van der Waals surface area contributed by atoms with E-state index in [4.69, 9.17) is 4.74 Å². The number of ether oxygens (including phenoxy) is 1. The molecule has 0 fully saturated rings. The molecule has 17 heavy (non-hydrogen) atoms. The van der Waals surface area contributed by atoms with Crippen LogP contribution >= 0.6 is 0 Å². The highest BCUT2D eigenvalue weighted by molar-refractivity contribution is 5.29. The lowest BCUT2D eigenvalue weighted by molar-refractivity contribution is 0.432. The summed E-state index contributed by atoms with van der Waals surface area (Å²) >= 11 is 0. The van der Waals surface area contributed by atoms with E-state index in [0.29, 0.717) is 23.9 Å². The summed E-state index contributed by atoms with van der Waals surface area (Å²) in [6.07, 6.45) is 1.12. The molecule has 0 aliphatic rings. The Labute approximate surface area is 98.0 Å². The molecular formula is C11H13FN4O. The zero-order valence-electron chi connectivity index (χ0n) is 9.62. The van der Waals surface area contributed by atoms with Crippen molar-refractivity contribution >= 4 is 0 Å². The molecule has 0 aliphatic carbocycles. The summed E-state index contributed by atoms with van der Waals surface area (Å²) in [4.78, 5) is 3.91. The van der Waals surface area contributed by atoms with E-state index >= 15 is 0 Å². The highest BCUT2D eigenvalue weighted by atomic mass is 19.1. The first-order valence-corrected chi connectivity index (χ1v) is 5.18. The summed E-state index contributed by atoms with van der Waals surface area (Å²) in [5.41, 5.74) is 1.53. The van der Waals surface area contributed by atoms with E-state index in [9.17, 15) is 4.39 Å². The lowest BCUT2D eigenvalue weighted by atomic mass is 10.2. The average Bonchev–Trinajstić information content (AvgIpc) is 2.69. The predicted octanol–water partition coefficient (Wildman–Crippen LogP) is 1.76. The maximum absolute atomic E-state index is 13.0. The van der Waals surface area contributed by atoms with Gasteiger partial charge in [0, 0.05) is 23.9 Å². The SMILES string of the molecule is CNCc1cc(F)cnc1Oc1cc(C)[nH]n1. The molecule has 6 heteroatoms. The topological polar surface area (TPSA) is 62.8 Å². The molecule has 0 amide bonds. The zero-order valence-corrected chi connectivity index (χ0v) is 9.62. The molecule has 0 radical (unpaired) electrons. The van der Waals surface area contributed by atoms with Gasteiger partial charge in [-0.3, -0.25) is 5.10 Å². The number of nitrogens with one attached hydrogen (secondary N) is 2. The van der Waals surface area contributed by atoms with E-state index in [1.165, 1.54) is 6.07 Å². The molecule has 0 atom stereocenters. The van der Waals surface area contributed by atoms with Crippen molar-refractivity contribution in [1.29, 1.82) is 0 Å². The highest BCUT2D eigenvalue weighted by Crippen LogP contribution is 2.22. The molecule has 0 aliphatic heterocycles. The zero-order chi connectivity index (χ0) is 12.3. The molecule has 90 valence electrons. The number of pyridine rings is 1. The first-order valence-electron chi connectivity index (χ1n) is 5.18. The van der Waals surface area contributed by atoms with Crippen molar-refractivity contribution in [3.63, 3.8) is 0 Å². The van der Waals surface area contributed by atoms with Gasteiger partial charge in [0.25, 0.3) is 0 Å². The smallest absolute Gasteiger partial charge is 0.240 e. The molecule has 2 aromatic rings. The Morgan fingerprint density at radius 1 is 1.47 bits per heavy atom. The van der Waals surface area contributed by atoms with E-state index in [-0.39, 0.29) is 5.82 Å². The Balaban J connectivity index is 2.25. The minimum absolute atomic E-state index is 0.354. The Morgan fingerprint density at radius 2 is 2.29 bits per heavy atom. The maximum atomic E-state index is 13.0. The first kappa shape index (κ1) is 11.5. The van der Waals surface area contributed by atoms with Gasteiger partial charge in [-0.25, -0.2) is 9.37 Å². The molecule has 2 aromatic heterocycles. The van der Waals surface area contributed by atoms with Gasteiger partial charge in [-0.05, 0) is 20.0 Å².